The molecule has 27 heavy (non-hydrogen) atoms. The van der Waals surface area contributed by atoms with Gasteiger partial charge in [-0.3, -0.25) is 9.59 Å². The molecule has 2 atom stereocenters. The molecule has 1 aliphatic rings. The number of carboxylic acids is 1. The summed E-state index contributed by atoms with van der Waals surface area (Å²) >= 11 is 0. The van der Waals surface area contributed by atoms with Gasteiger partial charge in [-0.05, 0) is 37.1 Å². The molecule has 2 N–H and O–H groups in total. The highest BCUT2D eigenvalue weighted by Gasteiger charge is 2.35. The van der Waals surface area contributed by atoms with Gasteiger partial charge in [0.2, 0.25) is 5.91 Å². The molecule has 1 amide bonds. The highest BCUT2D eigenvalue weighted by molar-refractivity contribution is 5.97. The number of nitrogens with zero attached hydrogens (tertiary/aromatic N) is 2. The van der Waals surface area contributed by atoms with Gasteiger partial charge in [-0.25, -0.2) is 4.68 Å². The molecule has 142 valence electrons. The Morgan fingerprint density at radius 3 is 2.48 bits per heavy atom. The number of hydrogen-bond donors (Lipinski definition) is 2. The second kappa shape index (κ2) is 7.26. The first kappa shape index (κ1) is 18.7. The fourth-order valence-corrected chi connectivity index (χ4v) is 3.03. The Morgan fingerprint density at radius 2 is 1.89 bits per heavy atom. The number of carboxylic acid groups (broad SMARTS) is 1. The molecule has 0 radical (unpaired) electrons. The molecule has 0 fully saturated rings. The van der Waals surface area contributed by atoms with Gasteiger partial charge in [-0.1, -0.05) is 12.2 Å². The molecule has 1 aliphatic carbocycles. The molecule has 0 unspecified atom stereocenters. The number of benzene rings is 1. The lowest BCUT2D eigenvalue weighted by Crippen LogP contribution is -2.35. The van der Waals surface area contributed by atoms with Crippen LogP contribution in [-0.4, -0.2) is 26.8 Å². The van der Waals surface area contributed by atoms with Crippen LogP contribution >= 0.6 is 0 Å². The van der Waals surface area contributed by atoms with E-state index in [1.165, 1.54) is 23.1 Å². The summed E-state index contributed by atoms with van der Waals surface area (Å²) in [7, 11) is 0. The number of halogens is 3. The Morgan fingerprint density at radius 1 is 1.19 bits per heavy atom. The van der Waals surface area contributed by atoms with Crippen molar-refractivity contribution in [2.45, 2.75) is 19.0 Å². The Hall–Kier alpha value is -3.10. The third-order valence-corrected chi connectivity index (χ3v) is 4.42. The molecular weight excluding hydrogens is 363 g/mol. The van der Waals surface area contributed by atoms with Gasteiger partial charge in [-0.2, -0.15) is 18.3 Å². The summed E-state index contributed by atoms with van der Waals surface area (Å²) in [5.41, 5.74) is -0.760. The van der Waals surface area contributed by atoms with Crippen LogP contribution in [0.4, 0.5) is 18.9 Å². The van der Waals surface area contributed by atoms with Crippen molar-refractivity contribution in [2.24, 2.45) is 11.8 Å². The largest absolute Gasteiger partial charge is 0.481 e. The van der Waals surface area contributed by atoms with Gasteiger partial charge in [0.1, 0.15) is 0 Å². The first-order valence-corrected chi connectivity index (χ1v) is 8.17. The predicted octanol–water partition coefficient (Wildman–Crippen LogP) is 3.50. The Bertz CT molecular complexity index is 876. The number of carbonyl (C=O) groups excluding carboxylic acids is 1. The molecule has 0 aliphatic heterocycles. The number of rotatable bonds is 4. The van der Waals surface area contributed by atoms with E-state index in [-0.39, 0.29) is 24.2 Å². The van der Waals surface area contributed by atoms with Crippen LogP contribution in [0.5, 0.6) is 0 Å². The average Bonchev–Trinajstić information content (AvgIpc) is 3.15. The molecule has 6 nitrogen and oxygen atoms in total. The van der Waals surface area contributed by atoms with Crippen molar-refractivity contribution >= 4 is 17.6 Å². The number of nitrogens with one attached hydrogen (secondary N) is 1. The third-order valence-electron chi connectivity index (χ3n) is 4.42. The molecular formula is C18H16F3N3O3. The second-order valence-electron chi connectivity index (χ2n) is 6.16. The van der Waals surface area contributed by atoms with Gasteiger partial charge < -0.3 is 10.4 Å². The predicted molar refractivity (Wildman–Crippen MR) is 90.2 cm³/mol. The minimum atomic E-state index is -4.58. The van der Waals surface area contributed by atoms with Crippen LogP contribution in [0.25, 0.3) is 5.69 Å². The number of aromatic nitrogens is 2. The molecule has 0 spiro atoms. The normalized spacial score (nSPS) is 19.7. The summed E-state index contributed by atoms with van der Waals surface area (Å²) in [6.07, 6.45) is 2.18. The van der Waals surface area contributed by atoms with Gasteiger partial charge >= 0.3 is 12.1 Å². The van der Waals surface area contributed by atoms with Gasteiger partial charge in [0, 0.05) is 12.4 Å². The summed E-state index contributed by atoms with van der Waals surface area (Å²) in [4.78, 5) is 24.0. The number of anilines is 1. The first-order valence-electron chi connectivity index (χ1n) is 8.17. The average molecular weight is 379 g/mol. The molecule has 2 aromatic rings. The Kier molecular flexibility index (Phi) is 5.02. The monoisotopic (exact) mass is 379 g/mol. The Labute approximate surface area is 152 Å². The van der Waals surface area contributed by atoms with Crippen LogP contribution in [0.1, 0.15) is 18.4 Å². The van der Waals surface area contributed by atoms with Crippen LogP contribution in [0.2, 0.25) is 0 Å². The standard InChI is InChI=1S/C18H16F3N3O3/c19-18(20,21)11-6-7-15(24-9-3-8-22-24)14(10-11)23-16(25)12-4-1-2-5-13(12)17(26)27/h1-3,6-10,12-13H,4-5H2,(H,23,25)(H,26,27)/t12-,13+/m1/s1. The number of aliphatic carboxylic acids is 1. The molecule has 0 saturated carbocycles. The minimum absolute atomic E-state index is 0.0859. The van der Waals surface area contributed by atoms with Crippen LogP contribution in [0, 0.1) is 11.8 Å². The van der Waals surface area contributed by atoms with Gasteiger partial charge in [-0.15, -0.1) is 0 Å². The SMILES string of the molecule is O=C(O)[C@H]1CC=CC[C@H]1C(=O)Nc1cc(C(F)(F)F)ccc1-n1cccn1. The van der Waals surface area contributed by atoms with E-state index in [1.807, 2.05) is 0 Å². The minimum Gasteiger partial charge on any atom is -0.481 e. The quantitative estimate of drug-likeness (QED) is 0.797. The van der Waals surface area contributed by atoms with Crippen molar-refractivity contribution < 1.29 is 27.9 Å². The summed E-state index contributed by atoms with van der Waals surface area (Å²) < 4.78 is 40.6. The summed E-state index contributed by atoms with van der Waals surface area (Å²) in [5.74, 6) is -3.54. The fourth-order valence-electron chi connectivity index (χ4n) is 3.03. The highest BCUT2D eigenvalue weighted by atomic mass is 19.4. The van der Waals surface area contributed by atoms with E-state index in [9.17, 15) is 27.9 Å². The maximum Gasteiger partial charge on any atom is 0.416 e. The lowest BCUT2D eigenvalue weighted by molar-refractivity contribution is -0.146. The molecule has 9 heteroatoms. The third kappa shape index (κ3) is 4.02. The smallest absolute Gasteiger partial charge is 0.416 e. The number of alkyl halides is 3. The maximum absolute atomic E-state index is 13.1. The molecule has 3 rings (SSSR count). The van der Waals surface area contributed by atoms with Crippen LogP contribution in [0.15, 0.2) is 48.8 Å². The molecule has 1 aromatic heterocycles. The highest BCUT2D eigenvalue weighted by Crippen LogP contribution is 2.34. The van der Waals surface area contributed by atoms with E-state index in [1.54, 1.807) is 18.2 Å². The molecule has 1 aromatic carbocycles. The number of allylic oxidation sites excluding steroid dienone is 2. The van der Waals surface area contributed by atoms with Gasteiger partial charge in [0.25, 0.3) is 0 Å². The Balaban J connectivity index is 1.95. The van der Waals surface area contributed by atoms with E-state index >= 15 is 0 Å². The van der Waals surface area contributed by atoms with Crippen molar-refractivity contribution in [3.63, 3.8) is 0 Å². The number of carbonyl (C=O) groups is 2. The molecule has 0 saturated heterocycles. The van der Waals surface area contributed by atoms with E-state index < -0.39 is 35.5 Å². The number of amides is 1. The first-order chi connectivity index (χ1) is 12.8. The fraction of sp³-hybridized carbons (Fsp3) is 0.278. The van der Waals surface area contributed by atoms with Crippen LogP contribution in [-0.2, 0) is 15.8 Å². The van der Waals surface area contributed by atoms with Crippen LogP contribution < -0.4 is 5.32 Å². The van der Waals surface area contributed by atoms with Crippen molar-refractivity contribution in [3.8, 4) is 5.69 Å². The zero-order chi connectivity index (χ0) is 19.6. The van der Waals surface area contributed by atoms with E-state index in [0.717, 1.165) is 12.1 Å². The summed E-state index contributed by atoms with van der Waals surface area (Å²) in [5, 5.41) is 15.8. The zero-order valence-electron chi connectivity index (χ0n) is 14.0. The van der Waals surface area contributed by atoms with Gasteiger partial charge in [0.05, 0.1) is 28.8 Å². The summed E-state index contributed by atoms with van der Waals surface area (Å²) in [6.45, 7) is 0. The molecule has 1 heterocycles. The van der Waals surface area contributed by atoms with Crippen LogP contribution in [0.3, 0.4) is 0 Å². The topological polar surface area (TPSA) is 84.2 Å². The zero-order valence-corrected chi connectivity index (χ0v) is 14.0. The van der Waals surface area contributed by atoms with Crippen molar-refractivity contribution in [3.05, 3.63) is 54.4 Å². The second-order valence-corrected chi connectivity index (χ2v) is 6.16. The lowest BCUT2D eigenvalue weighted by atomic mass is 9.82. The van der Waals surface area contributed by atoms with Crippen molar-refractivity contribution in [1.29, 1.82) is 0 Å². The maximum atomic E-state index is 13.1. The summed E-state index contributed by atoms with van der Waals surface area (Å²) in [6, 6.07) is 4.52. The van der Waals surface area contributed by atoms with Crippen molar-refractivity contribution in [2.75, 3.05) is 5.32 Å². The number of hydrogen-bond acceptors (Lipinski definition) is 3. The van der Waals surface area contributed by atoms with E-state index in [0.29, 0.717) is 0 Å². The lowest BCUT2D eigenvalue weighted by Gasteiger charge is -2.25. The van der Waals surface area contributed by atoms with Crippen molar-refractivity contribution in [1.82, 2.24) is 9.78 Å². The van der Waals surface area contributed by atoms with E-state index in [4.69, 9.17) is 0 Å². The molecule has 0 bridgehead atoms. The van der Waals surface area contributed by atoms with Gasteiger partial charge in [0.15, 0.2) is 0 Å². The van der Waals surface area contributed by atoms with E-state index in [2.05, 4.69) is 10.4 Å².